The highest BCUT2D eigenvalue weighted by Gasteiger charge is 2.33. The minimum atomic E-state index is -0.344. The van der Waals surface area contributed by atoms with Crippen LogP contribution in [0.25, 0.3) is 28.3 Å². The Balaban J connectivity index is 1.29. The van der Waals surface area contributed by atoms with Crippen molar-refractivity contribution in [2.24, 2.45) is 0 Å². The molecule has 0 saturated carbocycles. The van der Waals surface area contributed by atoms with Gasteiger partial charge < -0.3 is 9.26 Å². The second-order valence-electron chi connectivity index (χ2n) is 7.91. The van der Waals surface area contributed by atoms with E-state index in [1.165, 1.54) is 0 Å². The van der Waals surface area contributed by atoms with E-state index in [4.69, 9.17) is 21.5 Å². The lowest BCUT2D eigenvalue weighted by Crippen LogP contribution is -2.46. The van der Waals surface area contributed by atoms with Gasteiger partial charge in [0.2, 0.25) is 5.91 Å². The molecular formula is C24H22N4O4S2. The Hall–Kier alpha value is -3.05. The third-order valence-corrected chi connectivity index (χ3v) is 6.93. The van der Waals surface area contributed by atoms with Gasteiger partial charge in [0, 0.05) is 31.6 Å². The van der Waals surface area contributed by atoms with Gasteiger partial charge in [0.15, 0.2) is 10.1 Å². The number of hydrazine groups is 1. The van der Waals surface area contributed by atoms with Crippen molar-refractivity contribution in [2.45, 2.75) is 6.42 Å². The van der Waals surface area contributed by atoms with Gasteiger partial charge in [0.05, 0.1) is 23.5 Å². The fourth-order valence-corrected chi connectivity index (χ4v) is 5.01. The molecule has 0 atom stereocenters. The molecule has 10 heteroatoms. The summed E-state index contributed by atoms with van der Waals surface area (Å²) < 4.78 is 11.2. The third-order valence-electron chi connectivity index (χ3n) is 5.62. The summed E-state index contributed by atoms with van der Waals surface area (Å²) in [6, 6.07) is 15.4. The molecule has 2 aliphatic heterocycles. The van der Waals surface area contributed by atoms with Crippen molar-refractivity contribution >= 4 is 57.1 Å². The second kappa shape index (κ2) is 10.1. The molecule has 1 N–H and O–H groups in total. The number of morpholine rings is 1. The van der Waals surface area contributed by atoms with Crippen molar-refractivity contribution in [3.63, 3.8) is 0 Å². The number of aromatic nitrogens is 1. The molecule has 3 aromatic rings. The van der Waals surface area contributed by atoms with Crippen LogP contribution in [-0.4, -0.2) is 64.0 Å². The first-order valence-corrected chi connectivity index (χ1v) is 12.1. The Morgan fingerprint density at radius 1 is 1.18 bits per heavy atom. The van der Waals surface area contributed by atoms with Gasteiger partial charge in [0.1, 0.15) is 5.52 Å². The zero-order valence-electron chi connectivity index (χ0n) is 18.2. The summed E-state index contributed by atoms with van der Waals surface area (Å²) in [4.78, 5) is 28.0. The lowest BCUT2D eigenvalue weighted by Gasteiger charge is -2.26. The Kier molecular flexibility index (Phi) is 6.73. The topological polar surface area (TPSA) is 87.9 Å². The molecular weight excluding hydrogens is 472 g/mol. The largest absolute Gasteiger partial charge is 0.379 e. The molecule has 0 bridgehead atoms. The lowest BCUT2D eigenvalue weighted by molar-refractivity contribution is -0.133. The number of benzene rings is 2. The summed E-state index contributed by atoms with van der Waals surface area (Å²) in [6.45, 7) is 3.57. The van der Waals surface area contributed by atoms with E-state index < -0.39 is 0 Å². The van der Waals surface area contributed by atoms with Crippen LogP contribution in [0.3, 0.4) is 0 Å². The summed E-state index contributed by atoms with van der Waals surface area (Å²) in [5.74, 6) is 0.0804. The predicted octanol–water partition coefficient (Wildman–Crippen LogP) is 3.45. The quantitative estimate of drug-likeness (QED) is 0.412. The number of carbonyl (C=O) groups excluding carboxylic acids is 2. The Bertz CT molecular complexity index is 1270. The standard InChI is InChI=1S/C24H22N4O4S2/c29-21(8-9-27-10-12-31-13-11-27)25-28-23(30)20(34-24(28)33)15-16-6-7-19-18(14-16)22(32-26-19)17-4-2-1-3-5-17/h1-7,14-15H,8-13H2,(H,25,29). The van der Waals surface area contributed by atoms with Crippen LogP contribution in [0.2, 0.25) is 0 Å². The van der Waals surface area contributed by atoms with Crippen molar-refractivity contribution < 1.29 is 18.8 Å². The number of carbonyl (C=O) groups is 2. The number of amides is 2. The van der Waals surface area contributed by atoms with E-state index in [-0.39, 0.29) is 18.2 Å². The number of nitrogens with zero attached hydrogens (tertiary/aromatic N) is 3. The number of nitrogens with one attached hydrogen (secondary N) is 1. The summed E-state index contributed by atoms with van der Waals surface area (Å²) in [7, 11) is 0. The highest BCUT2D eigenvalue weighted by atomic mass is 32.2. The lowest BCUT2D eigenvalue weighted by atomic mass is 10.1. The van der Waals surface area contributed by atoms with E-state index in [1.54, 1.807) is 6.08 Å². The first kappa shape index (κ1) is 22.7. The van der Waals surface area contributed by atoms with Gasteiger partial charge in [0.25, 0.3) is 5.91 Å². The van der Waals surface area contributed by atoms with E-state index in [2.05, 4.69) is 15.5 Å². The fourth-order valence-electron chi connectivity index (χ4n) is 3.83. The van der Waals surface area contributed by atoms with Gasteiger partial charge >= 0.3 is 0 Å². The second-order valence-corrected chi connectivity index (χ2v) is 9.59. The van der Waals surface area contributed by atoms with Gasteiger partial charge in [-0.1, -0.05) is 53.3 Å². The number of thioether (sulfide) groups is 1. The number of hydrogen-bond donors (Lipinski definition) is 1. The van der Waals surface area contributed by atoms with E-state index in [1.807, 2.05) is 48.5 Å². The van der Waals surface area contributed by atoms with Crippen LogP contribution in [0.1, 0.15) is 12.0 Å². The molecule has 2 fully saturated rings. The smallest absolute Gasteiger partial charge is 0.285 e. The van der Waals surface area contributed by atoms with Crippen LogP contribution in [0, 0.1) is 0 Å². The van der Waals surface area contributed by atoms with E-state index in [9.17, 15) is 9.59 Å². The van der Waals surface area contributed by atoms with Crippen molar-refractivity contribution in [1.82, 2.24) is 20.5 Å². The molecule has 8 nitrogen and oxygen atoms in total. The third kappa shape index (κ3) is 4.90. The van der Waals surface area contributed by atoms with E-state index >= 15 is 0 Å². The maximum atomic E-state index is 12.9. The van der Waals surface area contributed by atoms with Crippen molar-refractivity contribution in [3.8, 4) is 11.3 Å². The first-order valence-electron chi connectivity index (χ1n) is 10.9. The number of thiocarbonyl (C=S) groups is 1. The van der Waals surface area contributed by atoms with Gasteiger partial charge in [-0.25, -0.2) is 0 Å². The molecule has 2 amide bonds. The maximum absolute atomic E-state index is 12.9. The van der Waals surface area contributed by atoms with Gasteiger partial charge in [-0.15, -0.1) is 0 Å². The number of rotatable bonds is 6. The minimum Gasteiger partial charge on any atom is -0.379 e. The summed E-state index contributed by atoms with van der Waals surface area (Å²) >= 11 is 6.51. The normalized spacial score (nSPS) is 18.2. The van der Waals surface area contributed by atoms with E-state index in [0.717, 1.165) is 51.9 Å². The van der Waals surface area contributed by atoms with Crippen LogP contribution in [-0.2, 0) is 14.3 Å². The highest BCUT2D eigenvalue weighted by Crippen LogP contribution is 2.33. The molecule has 2 aromatic carbocycles. The van der Waals surface area contributed by atoms with Crippen molar-refractivity contribution in [3.05, 3.63) is 59.0 Å². The first-order chi connectivity index (χ1) is 16.6. The van der Waals surface area contributed by atoms with E-state index in [0.29, 0.717) is 34.7 Å². The van der Waals surface area contributed by atoms with Crippen LogP contribution in [0.4, 0.5) is 0 Å². The van der Waals surface area contributed by atoms with Crippen LogP contribution in [0.15, 0.2) is 58.0 Å². The molecule has 2 aliphatic rings. The molecule has 174 valence electrons. The number of ether oxygens (including phenoxy) is 1. The molecule has 0 aliphatic carbocycles. The molecule has 1 aromatic heterocycles. The molecule has 0 unspecified atom stereocenters. The number of fused-ring (bicyclic) bond motifs is 1. The van der Waals surface area contributed by atoms with Crippen molar-refractivity contribution in [1.29, 1.82) is 0 Å². The molecule has 2 saturated heterocycles. The molecule has 0 radical (unpaired) electrons. The van der Waals surface area contributed by atoms with Crippen LogP contribution < -0.4 is 5.43 Å². The predicted molar refractivity (Wildman–Crippen MR) is 134 cm³/mol. The Morgan fingerprint density at radius 3 is 2.76 bits per heavy atom. The molecule has 34 heavy (non-hydrogen) atoms. The van der Waals surface area contributed by atoms with Crippen LogP contribution >= 0.6 is 24.0 Å². The summed E-state index contributed by atoms with van der Waals surface area (Å²) in [5.41, 5.74) is 5.12. The monoisotopic (exact) mass is 494 g/mol. The molecule has 5 rings (SSSR count). The number of hydrogen-bond acceptors (Lipinski definition) is 8. The average Bonchev–Trinajstić information content (AvgIpc) is 3.40. The Labute approximate surface area is 205 Å². The zero-order chi connectivity index (χ0) is 23.5. The average molecular weight is 495 g/mol. The molecule has 3 heterocycles. The molecule has 0 spiro atoms. The summed E-state index contributed by atoms with van der Waals surface area (Å²) in [6.07, 6.45) is 2.04. The Morgan fingerprint density at radius 2 is 1.97 bits per heavy atom. The van der Waals surface area contributed by atoms with Crippen LogP contribution in [0.5, 0.6) is 0 Å². The van der Waals surface area contributed by atoms with Crippen molar-refractivity contribution in [2.75, 3.05) is 32.8 Å². The van der Waals surface area contributed by atoms with Gasteiger partial charge in [-0.05, 0) is 36.0 Å². The van der Waals surface area contributed by atoms with Gasteiger partial charge in [-0.3, -0.25) is 19.9 Å². The summed E-state index contributed by atoms with van der Waals surface area (Å²) in [5, 5.41) is 6.14. The maximum Gasteiger partial charge on any atom is 0.285 e. The minimum absolute atomic E-state index is 0.248. The fraction of sp³-hybridized carbons (Fsp3) is 0.250. The van der Waals surface area contributed by atoms with Gasteiger partial charge in [-0.2, -0.15) is 5.01 Å². The zero-order valence-corrected chi connectivity index (χ0v) is 19.9. The highest BCUT2D eigenvalue weighted by molar-refractivity contribution is 8.26. The SMILES string of the molecule is O=C(CCN1CCOCC1)NN1C(=O)C(=Cc2ccc3noc(-c4ccccc4)c3c2)SC1=S.